The molecule has 0 bridgehead atoms. The SMILES string of the molecule is CC(C)(C)OC(=O)N[C@H]1CCCC/C=C\[C@@H]2C[C@@]2(C(=O)NS(=O)(=O)C2CC2)NC(=O)[C@@H]2C[C@@H](Oc3nn(Cc4ccccc4)c4ccccc34)CN2C1=O. The molecule has 4 aliphatic rings. The highest BCUT2D eigenvalue weighted by Gasteiger charge is 2.62. The number of carbonyl (C=O) groups is 4. The summed E-state index contributed by atoms with van der Waals surface area (Å²) in [5.74, 6) is -1.95. The molecule has 0 unspecified atom stereocenters. The Kier molecular flexibility index (Phi) is 10.2. The highest BCUT2D eigenvalue weighted by atomic mass is 32.2. The summed E-state index contributed by atoms with van der Waals surface area (Å²) in [6.45, 7) is 5.69. The lowest BCUT2D eigenvalue weighted by Gasteiger charge is -2.30. The number of benzene rings is 2. The zero-order chi connectivity index (χ0) is 38.3. The predicted octanol–water partition coefficient (Wildman–Crippen LogP) is 3.94. The number of ether oxygens (including phenoxy) is 2. The molecule has 5 atom stereocenters. The van der Waals surface area contributed by atoms with Gasteiger partial charge in [-0.3, -0.25) is 23.8 Å². The van der Waals surface area contributed by atoms with E-state index in [0.29, 0.717) is 50.9 Å². The number of hydrogen-bond donors (Lipinski definition) is 3. The number of alkyl carbamates (subject to hydrolysis) is 1. The molecule has 14 nitrogen and oxygen atoms in total. The van der Waals surface area contributed by atoms with Crippen molar-refractivity contribution in [1.82, 2.24) is 30.0 Å². The normalized spacial score (nSPS) is 26.8. The van der Waals surface area contributed by atoms with E-state index >= 15 is 0 Å². The van der Waals surface area contributed by atoms with Gasteiger partial charge in [-0.2, -0.15) is 0 Å². The molecule has 3 N–H and O–H groups in total. The lowest BCUT2D eigenvalue weighted by Crippen LogP contribution is -2.58. The Hall–Kier alpha value is -4.92. The zero-order valence-corrected chi connectivity index (χ0v) is 31.6. The maximum Gasteiger partial charge on any atom is 0.408 e. The van der Waals surface area contributed by atoms with E-state index in [1.54, 1.807) is 20.8 Å². The van der Waals surface area contributed by atoms with Gasteiger partial charge in [0, 0.05) is 12.3 Å². The summed E-state index contributed by atoms with van der Waals surface area (Å²) in [6, 6.07) is 15.5. The molecule has 2 aliphatic carbocycles. The molecule has 4 amide bonds. The molecule has 1 aromatic heterocycles. The highest BCUT2D eigenvalue weighted by molar-refractivity contribution is 7.91. The van der Waals surface area contributed by atoms with E-state index in [4.69, 9.17) is 14.6 Å². The Morgan fingerprint density at radius 1 is 1.02 bits per heavy atom. The number of rotatable bonds is 8. The van der Waals surface area contributed by atoms with E-state index in [-0.39, 0.29) is 19.4 Å². The van der Waals surface area contributed by atoms with Crippen molar-refractivity contribution in [2.24, 2.45) is 5.92 Å². The Morgan fingerprint density at radius 3 is 2.50 bits per heavy atom. The van der Waals surface area contributed by atoms with Crippen LogP contribution in [0.15, 0.2) is 66.7 Å². The zero-order valence-electron chi connectivity index (χ0n) is 30.8. The second-order valence-corrected chi connectivity index (χ2v) is 17.8. The minimum absolute atomic E-state index is 0.00186. The van der Waals surface area contributed by atoms with Gasteiger partial charge in [0.05, 0.1) is 29.2 Å². The van der Waals surface area contributed by atoms with Gasteiger partial charge in [0.2, 0.25) is 27.7 Å². The Bertz CT molecular complexity index is 2060. The lowest BCUT2D eigenvalue weighted by atomic mass is 10.0. The maximum atomic E-state index is 14.5. The summed E-state index contributed by atoms with van der Waals surface area (Å²) in [5.41, 5.74) is -0.390. The van der Waals surface area contributed by atoms with E-state index in [2.05, 4.69) is 15.4 Å². The van der Waals surface area contributed by atoms with Crippen molar-refractivity contribution >= 4 is 44.7 Å². The number of carbonyl (C=O) groups excluding carboxylic acids is 4. The number of hydrogen-bond acceptors (Lipinski definition) is 9. The van der Waals surface area contributed by atoms with Crippen molar-refractivity contribution in [3.63, 3.8) is 0 Å². The number of aromatic nitrogens is 2. The molecular weight excluding hydrogens is 713 g/mol. The summed E-state index contributed by atoms with van der Waals surface area (Å²) in [6.07, 6.45) is 5.79. The first-order chi connectivity index (χ1) is 25.7. The van der Waals surface area contributed by atoms with Crippen LogP contribution in [0.2, 0.25) is 0 Å². The second-order valence-electron chi connectivity index (χ2n) is 15.8. The number of nitrogens with one attached hydrogen (secondary N) is 3. The summed E-state index contributed by atoms with van der Waals surface area (Å²) >= 11 is 0. The first-order valence-corrected chi connectivity index (χ1v) is 20.3. The molecule has 15 heteroatoms. The summed E-state index contributed by atoms with van der Waals surface area (Å²) < 4.78 is 41.7. The van der Waals surface area contributed by atoms with Gasteiger partial charge in [-0.25, -0.2) is 13.2 Å². The minimum Gasteiger partial charge on any atom is -0.471 e. The molecule has 3 fully saturated rings. The standard InChI is InChI=1S/C39H48N6O8S/c1-38(2,3)53-37(49)40-30-17-10-5-4-9-15-26-22-39(26,36(48)43-54(50,51)28-19-20-28)41-33(46)32-21-27(24-44(32)35(30)47)52-34-29-16-11-12-18-31(29)45(42-34)23-25-13-7-6-8-14-25/h6-9,11-16,18,26-28,30,32H,4-5,10,17,19-24H2,1-3H3,(H,40,49)(H,41,46)(H,43,48)/b15-9-/t26-,27-,30+,32+,39-/m1/s1. The van der Waals surface area contributed by atoms with Crippen LogP contribution in [0.25, 0.3) is 10.9 Å². The quantitative estimate of drug-likeness (QED) is 0.287. The molecule has 54 heavy (non-hydrogen) atoms. The fourth-order valence-corrected chi connectivity index (χ4v) is 8.70. The number of sulfonamides is 1. The summed E-state index contributed by atoms with van der Waals surface area (Å²) in [5, 5.41) is 10.6. The van der Waals surface area contributed by atoms with Crippen LogP contribution in [-0.2, 0) is 35.7 Å². The van der Waals surface area contributed by atoms with Crippen LogP contribution in [0, 0.1) is 5.92 Å². The van der Waals surface area contributed by atoms with Gasteiger partial charge in [-0.1, -0.05) is 61.0 Å². The van der Waals surface area contributed by atoms with Gasteiger partial charge in [0.25, 0.3) is 5.91 Å². The Balaban J connectivity index is 1.18. The fourth-order valence-electron chi connectivity index (χ4n) is 7.34. The number of nitrogens with zero attached hydrogens (tertiary/aromatic N) is 3. The summed E-state index contributed by atoms with van der Waals surface area (Å²) in [7, 11) is -3.88. The van der Waals surface area contributed by atoms with Gasteiger partial charge >= 0.3 is 6.09 Å². The third kappa shape index (κ3) is 8.25. The van der Waals surface area contributed by atoms with E-state index in [1.807, 2.05) is 71.4 Å². The first kappa shape index (κ1) is 37.4. The monoisotopic (exact) mass is 760 g/mol. The highest BCUT2D eigenvalue weighted by Crippen LogP contribution is 2.46. The van der Waals surface area contributed by atoms with Crippen molar-refractivity contribution in [1.29, 1.82) is 0 Å². The van der Waals surface area contributed by atoms with Crippen LogP contribution < -0.4 is 20.1 Å². The largest absolute Gasteiger partial charge is 0.471 e. The average Bonchev–Trinajstić information content (AvgIpc) is 4.02. The average molecular weight is 761 g/mol. The number of fused-ring (bicyclic) bond motifs is 3. The Morgan fingerprint density at radius 2 is 1.76 bits per heavy atom. The van der Waals surface area contributed by atoms with Crippen molar-refractivity contribution in [2.45, 2.75) is 113 Å². The molecule has 3 aromatic rings. The topological polar surface area (TPSA) is 178 Å². The van der Waals surface area contributed by atoms with E-state index < -0.39 is 74.3 Å². The molecule has 3 heterocycles. The van der Waals surface area contributed by atoms with Crippen molar-refractivity contribution in [2.75, 3.05) is 6.54 Å². The molecule has 288 valence electrons. The minimum atomic E-state index is -3.88. The van der Waals surface area contributed by atoms with Crippen molar-refractivity contribution in [3.05, 3.63) is 72.3 Å². The van der Waals surface area contributed by atoms with Crippen LogP contribution in [0.1, 0.15) is 77.7 Å². The number of allylic oxidation sites excluding steroid dienone is 1. The molecule has 1 saturated heterocycles. The van der Waals surface area contributed by atoms with Gasteiger partial charge in [0.15, 0.2) is 0 Å². The van der Waals surface area contributed by atoms with Crippen molar-refractivity contribution < 1.29 is 37.1 Å². The molecule has 2 aliphatic heterocycles. The van der Waals surface area contributed by atoms with Crippen LogP contribution in [0.5, 0.6) is 5.88 Å². The van der Waals surface area contributed by atoms with E-state index in [1.165, 1.54) is 4.90 Å². The number of amides is 4. The fraction of sp³-hybridized carbons (Fsp3) is 0.513. The maximum absolute atomic E-state index is 14.5. The van der Waals surface area contributed by atoms with E-state index in [0.717, 1.165) is 16.5 Å². The van der Waals surface area contributed by atoms with E-state index in [9.17, 15) is 27.6 Å². The summed E-state index contributed by atoms with van der Waals surface area (Å²) in [4.78, 5) is 56.9. The van der Waals surface area contributed by atoms with Crippen molar-refractivity contribution in [3.8, 4) is 5.88 Å². The second kappa shape index (κ2) is 14.7. The molecule has 2 aromatic carbocycles. The van der Waals surface area contributed by atoms with Gasteiger partial charge < -0.3 is 25.0 Å². The smallest absolute Gasteiger partial charge is 0.408 e. The van der Waals surface area contributed by atoms with Gasteiger partial charge in [-0.15, -0.1) is 5.10 Å². The van der Waals surface area contributed by atoms with Crippen LogP contribution in [0.3, 0.4) is 0 Å². The lowest BCUT2D eigenvalue weighted by molar-refractivity contribution is -0.141. The van der Waals surface area contributed by atoms with Gasteiger partial charge in [0.1, 0.15) is 29.3 Å². The predicted molar refractivity (Wildman–Crippen MR) is 200 cm³/mol. The van der Waals surface area contributed by atoms with Crippen LogP contribution in [0.4, 0.5) is 4.79 Å². The molecule has 0 spiro atoms. The molecule has 2 saturated carbocycles. The first-order valence-electron chi connectivity index (χ1n) is 18.7. The molecule has 7 rings (SSSR count). The van der Waals surface area contributed by atoms with Gasteiger partial charge in [-0.05, 0) is 77.0 Å². The number of para-hydroxylation sites is 1. The third-order valence-electron chi connectivity index (χ3n) is 10.4. The molecular formula is C39H48N6O8S. The molecule has 0 radical (unpaired) electrons. The third-order valence-corrected chi connectivity index (χ3v) is 12.2. The van der Waals surface area contributed by atoms with Crippen LogP contribution in [-0.4, -0.2) is 88.0 Å². The Labute approximate surface area is 315 Å². The van der Waals surface area contributed by atoms with Crippen LogP contribution >= 0.6 is 0 Å².